The average Bonchev–Trinajstić information content (AvgIpc) is 2.53. The summed E-state index contributed by atoms with van der Waals surface area (Å²) in [5.41, 5.74) is 6.81. The quantitative estimate of drug-likeness (QED) is 0.798. The number of rotatable bonds is 6. The Hall–Kier alpha value is -1.82. The van der Waals surface area contributed by atoms with E-state index >= 15 is 0 Å². The van der Waals surface area contributed by atoms with Crippen molar-refractivity contribution in [1.82, 2.24) is 4.98 Å². The zero-order valence-electron chi connectivity index (χ0n) is 12.6. The number of hydrogen-bond donors (Lipinski definition) is 1. The average molecular weight is 293 g/mol. The number of nitrogens with zero attached hydrogens (tertiary/aromatic N) is 2. The van der Waals surface area contributed by atoms with Crippen LogP contribution in [0.4, 0.5) is 5.69 Å². The maximum absolute atomic E-state index is 10.5. The first kappa shape index (κ1) is 15.6. The molecule has 6 nitrogen and oxygen atoms in total. The lowest BCUT2D eigenvalue weighted by molar-refractivity contribution is -0.109. The van der Waals surface area contributed by atoms with Crippen LogP contribution >= 0.6 is 0 Å². The highest BCUT2D eigenvalue weighted by Crippen LogP contribution is 2.33. The van der Waals surface area contributed by atoms with Gasteiger partial charge in [0.25, 0.3) is 0 Å². The molecule has 6 heteroatoms. The molecule has 1 saturated carbocycles. The van der Waals surface area contributed by atoms with Crippen LogP contribution in [0.5, 0.6) is 11.6 Å². The summed E-state index contributed by atoms with van der Waals surface area (Å²) in [5, 5.41) is 0. The first-order valence-corrected chi connectivity index (χ1v) is 7.24. The first-order valence-electron chi connectivity index (χ1n) is 7.24. The fourth-order valence-corrected chi connectivity index (χ4v) is 2.70. The van der Waals surface area contributed by atoms with Crippen LogP contribution in [-0.2, 0) is 4.79 Å². The minimum absolute atomic E-state index is 0.00426. The summed E-state index contributed by atoms with van der Waals surface area (Å²) in [6, 6.07) is 2.60. The lowest BCUT2D eigenvalue weighted by Crippen LogP contribution is -2.39. The van der Waals surface area contributed by atoms with Gasteiger partial charge in [-0.1, -0.05) is 0 Å². The molecule has 0 aliphatic heterocycles. The number of methoxy groups -OCH3 is 1. The molecule has 0 aromatic carbocycles. The molecule has 0 bridgehead atoms. The Morgan fingerprint density at radius 3 is 2.76 bits per heavy atom. The Labute approximate surface area is 125 Å². The van der Waals surface area contributed by atoms with Crippen molar-refractivity contribution in [2.24, 2.45) is 5.73 Å². The third-order valence-electron chi connectivity index (χ3n) is 4.00. The van der Waals surface area contributed by atoms with E-state index in [0.717, 1.165) is 37.7 Å². The van der Waals surface area contributed by atoms with Crippen LogP contribution in [-0.4, -0.2) is 44.1 Å². The number of aromatic nitrogens is 1. The molecule has 0 amide bonds. The fourth-order valence-electron chi connectivity index (χ4n) is 2.70. The van der Waals surface area contributed by atoms with E-state index in [1.165, 1.54) is 0 Å². The van der Waals surface area contributed by atoms with E-state index in [0.29, 0.717) is 23.7 Å². The SMILES string of the molecule is COc1cnc(OCC=O)c(N(C)C2CCC(N)CC2)c1. The molecule has 1 heterocycles. The molecule has 0 radical (unpaired) electrons. The van der Waals surface area contributed by atoms with Crippen LogP contribution < -0.4 is 20.1 Å². The van der Waals surface area contributed by atoms with Gasteiger partial charge in [0, 0.05) is 25.2 Å². The number of ether oxygens (including phenoxy) is 2. The standard InChI is InChI=1S/C15H23N3O3/c1-18(12-5-3-11(16)4-6-12)14-9-13(20-2)10-17-15(14)21-8-7-19/h7,9-12H,3-6,8,16H2,1-2H3. The highest BCUT2D eigenvalue weighted by Gasteiger charge is 2.24. The highest BCUT2D eigenvalue weighted by molar-refractivity contribution is 5.59. The van der Waals surface area contributed by atoms with Crippen molar-refractivity contribution >= 4 is 12.0 Å². The summed E-state index contributed by atoms with van der Waals surface area (Å²) in [5.74, 6) is 1.13. The summed E-state index contributed by atoms with van der Waals surface area (Å²) in [6.45, 7) is -0.00426. The van der Waals surface area contributed by atoms with Crippen LogP contribution in [0.3, 0.4) is 0 Å². The summed E-state index contributed by atoms with van der Waals surface area (Å²) in [4.78, 5) is 16.9. The van der Waals surface area contributed by atoms with Gasteiger partial charge in [0.05, 0.1) is 13.3 Å². The lowest BCUT2D eigenvalue weighted by atomic mass is 9.91. The van der Waals surface area contributed by atoms with Gasteiger partial charge in [-0.25, -0.2) is 4.98 Å². The van der Waals surface area contributed by atoms with Gasteiger partial charge in [-0.15, -0.1) is 0 Å². The number of aldehydes is 1. The topological polar surface area (TPSA) is 77.7 Å². The molecule has 1 aliphatic carbocycles. The molecule has 1 fully saturated rings. The van der Waals surface area contributed by atoms with Gasteiger partial charge >= 0.3 is 0 Å². The Balaban J connectivity index is 2.19. The summed E-state index contributed by atoms with van der Waals surface area (Å²) < 4.78 is 10.7. The van der Waals surface area contributed by atoms with Crippen molar-refractivity contribution in [3.8, 4) is 11.6 Å². The van der Waals surface area contributed by atoms with Gasteiger partial charge in [-0.3, -0.25) is 4.79 Å². The van der Waals surface area contributed by atoms with E-state index in [1.54, 1.807) is 13.3 Å². The molecule has 0 atom stereocenters. The van der Waals surface area contributed by atoms with Crippen molar-refractivity contribution in [1.29, 1.82) is 0 Å². The maximum atomic E-state index is 10.5. The Morgan fingerprint density at radius 1 is 1.43 bits per heavy atom. The third kappa shape index (κ3) is 3.85. The minimum Gasteiger partial charge on any atom is -0.495 e. The summed E-state index contributed by atoms with van der Waals surface area (Å²) >= 11 is 0. The molecular formula is C15H23N3O3. The Morgan fingerprint density at radius 2 is 2.14 bits per heavy atom. The molecule has 116 valence electrons. The van der Waals surface area contributed by atoms with Crippen LogP contribution in [0.2, 0.25) is 0 Å². The van der Waals surface area contributed by atoms with Crippen LogP contribution in [0.25, 0.3) is 0 Å². The maximum Gasteiger partial charge on any atom is 0.238 e. The van der Waals surface area contributed by atoms with Gasteiger partial charge in [-0.05, 0) is 25.7 Å². The van der Waals surface area contributed by atoms with Crippen LogP contribution in [0.15, 0.2) is 12.3 Å². The largest absolute Gasteiger partial charge is 0.495 e. The second kappa shape index (κ2) is 7.26. The smallest absolute Gasteiger partial charge is 0.238 e. The number of carbonyl (C=O) groups is 1. The van der Waals surface area contributed by atoms with Gasteiger partial charge in [-0.2, -0.15) is 0 Å². The lowest BCUT2D eigenvalue weighted by Gasteiger charge is -2.35. The fraction of sp³-hybridized carbons (Fsp3) is 0.600. The van der Waals surface area contributed by atoms with E-state index in [4.69, 9.17) is 15.2 Å². The van der Waals surface area contributed by atoms with Gasteiger partial charge in [0.2, 0.25) is 5.88 Å². The first-order chi connectivity index (χ1) is 10.2. The molecule has 1 aromatic rings. The molecular weight excluding hydrogens is 270 g/mol. The molecule has 21 heavy (non-hydrogen) atoms. The third-order valence-corrected chi connectivity index (χ3v) is 4.00. The molecule has 2 rings (SSSR count). The summed E-state index contributed by atoms with van der Waals surface area (Å²) in [7, 11) is 3.62. The molecule has 1 aromatic heterocycles. The highest BCUT2D eigenvalue weighted by atomic mass is 16.5. The zero-order chi connectivity index (χ0) is 15.2. The molecule has 2 N–H and O–H groups in total. The van der Waals surface area contributed by atoms with Crippen molar-refractivity contribution in [3.63, 3.8) is 0 Å². The van der Waals surface area contributed by atoms with E-state index in [9.17, 15) is 4.79 Å². The van der Waals surface area contributed by atoms with Crippen molar-refractivity contribution in [2.75, 3.05) is 25.7 Å². The molecule has 0 unspecified atom stereocenters. The van der Waals surface area contributed by atoms with E-state index in [2.05, 4.69) is 9.88 Å². The predicted molar refractivity (Wildman–Crippen MR) is 81.0 cm³/mol. The van der Waals surface area contributed by atoms with E-state index in [-0.39, 0.29) is 6.61 Å². The van der Waals surface area contributed by atoms with Crippen LogP contribution in [0.1, 0.15) is 25.7 Å². The van der Waals surface area contributed by atoms with E-state index in [1.807, 2.05) is 13.1 Å². The number of pyridine rings is 1. The number of anilines is 1. The molecule has 0 spiro atoms. The van der Waals surface area contributed by atoms with E-state index < -0.39 is 0 Å². The van der Waals surface area contributed by atoms with Gasteiger partial charge in [0.15, 0.2) is 6.29 Å². The number of nitrogens with two attached hydrogens (primary N) is 1. The van der Waals surface area contributed by atoms with Crippen LogP contribution in [0, 0.1) is 0 Å². The normalized spacial score (nSPS) is 21.7. The zero-order valence-corrected chi connectivity index (χ0v) is 12.6. The monoisotopic (exact) mass is 293 g/mol. The summed E-state index contributed by atoms with van der Waals surface area (Å²) in [6.07, 6.45) is 6.45. The number of hydrogen-bond acceptors (Lipinski definition) is 6. The second-order valence-electron chi connectivity index (χ2n) is 5.36. The Kier molecular flexibility index (Phi) is 5.38. The minimum atomic E-state index is -0.00426. The number of carbonyl (C=O) groups excluding carboxylic acids is 1. The van der Waals surface area contributed by atoms with Crippen molar-refractivity contribution < 1.29 is 14.3 Å². The molecule has 1 aliphatic rings. The molecule has 0 saturated heterocycles. The van der Waals surface area contributed by atoms with Crippen molar-refractivity contribution in [2.45, 2.75) is 37.8 Å². The van der Waals surface area contributed by atoms with Gasteiger partial charge < -0.3 is 20.1 Å². The van der Waals surface area contributed by atoms with Gasteiger partial charge in [0.1, 0.15) is 18.0 Å². The van der Waals surface area contributed by atoms with Crippen molar-refractivity contribution in [3.05, 3.63) is 12.3 Å². The predicted octanol–water partition coefficient (Wildman–Crippen LogP) is 1.37. The Bertz CT molecular complexity index is 473. The second-order valence-corrected chi connectivity index (χ2v) is 5.36.